The molecule has 2 rings (SSSR count). The second-order valence-corrected chi connectivity index (χ2v) is 5.14. The molecule has 0 amide bonds. The van der Waals surface area contributed by atoms with Gasteiger partial charge in [-0.05, 0) is 19.2 Å². The molecule has 1 heterocycles. The molecular formula is C12H16BrN3O. The van der Waals surface area contributed by atoms with E-state index in [2.05, 4.69) is 37.9 Å². The smallest absolute Gasteiger partial charge is 0.175 e. The molecule has 5 heteroatoms. The van der Waals surface area contributed by atoms with Crippen molar-refractivity contribution >= 4 is 21.8 Å². The standard InChI is InChI=1S/C12H16BrN3O/c1-15-6-8-16(9-7-15)12(14-17)10-2-4-11(13)5-3-10/h2-5,17H,6-9H2,1H3/b14-12-. The summed E-state index contributed by atoms with van der Waals surface area (Å²) in [4.78, 5) is 4.39. The van der Waals surface area contributed by atoms with Gasteiger partial charge in [-0.15, -0.1) is 0 Å². The van der Waals surface area contributed by atoms with Crippen molar-refractivity contribution in [2.75, 3.05) is 33.2 Å². The molecule has 1 aromatic carbocycles. The largest absolute Gasteiger partial charge is 0.409 e. The van der Waals surface area contributed by atoms with Crippen molar-refractivity contribution in [3.63, 3.8) is 0 Å². The highest BCUT2D eigenvalue weighted by molar-refractivity contribution is 9.10. The molecule has 1 aliphatic rings. The molecule has 17 heavy (non-hydrogen) atoms. The molecule has 1 fully saturated rings. The molecule has 1 saturated heterocycles. The summed E-state index contributed by atoms with van der Waals surface area (Å²) >= 11 is 3.40. The Kier molecular flexibility index (Phi) is 4.02. The summed E-state index contributed by atoms with van der Waals surface area (Å²) in [5.74, 6) is 0.658. The van der Waals surface area contributed by atoms with Crippen LogP contribution in [0.3, 0.4) is 0 Å². The number of amidine groups is 1. The predicted molar refractivity (Wildman–Crippen MR) is 71.5 cm³/mol. The van der Waals surface area contributed by atoms with Crippen LogP contribution in [-0.2, 0) is 0 Å². The summed E-state index contributed by atoms with van der Waals surface area (Å²) in [6, 6.07) is 7.82. The van der Waals surface area contributed by atoms with Crippen LogP contribution in [-0.4, -0.2) is 54.1 Å². The summed E-state index contributed by atoms with van der Waals surface area (Å²) in [6.45, 7) is 3.78. The number of hydrogen-bond acceptors (Lipinski definition) is 3. The van der Waals surface area contributed by atoms with Gasteiger partial charge in [0.05, 0.1) is 0 Å². The van der Waals surface area contributed by atoms with Crippen LogP contribution in [0.25, 0.3) is 0 Å². The van der Waals surface area contributed by atoms with Crippen molar-refractivity contribution in [1.82, 2.24) is 9.80 Å². The molecule has 0 aromatic heterocycles. The highest BCUT2D eigenvalue weighted by atomic mass is 79.9. The third-order valence-electron chi connectivity index (χ3n) is 3.00. The Morgan fingerprint density at radius 2 is 1.76 bits per heavy atom. The number of oxime groups is 1. The number of rotatable bonds is 1. The van der Waals surface area contributed by atoms with Gasteiger partial charge in [-0.3, -0.25) is 0 Å². The number of piperazine rings is 1. The monoisotopic (exact) mass is 297 g/mol. The third kappa shape index (κ3) is 2.98. The van der Waals surface area contributed by atoms with Crippen molar-refractivity contribution in [2.24, 2.45) is 5.16 Å². The number of benzene rings is 1. The average Bonchev–Trinajstić information content (AvgIpc) is 2.35. The van der Waals surface area contributed by atoms with E-state index in [0.29, 0.717) is 5.84 Å². The van der Waals surface area contributed by atoms with E-state index in [1.165, 1.54) is 0 Å². The van der Waals surface area contributed by atoms with Gasteiger partial charge in [0, 0.05) is 36.2 Å². The third-order valence-corrected chi connectivity index (χ3v) is 3.53. The number of halogens is 1. The zero-order valence-electron chi connectivity index (χ0n) is 9.80. The van der Waals surface area contributed by atoms with Crippen LogP contribution in [0.1, 0.15) is 5.56 Å². The van der Waals surface area contributed by atoms with Crippen molar-refractivity contribution in [3.05, 3.63) is 34.3 Å². The van der Waals surface area contributed by atoms with Gasteiger partial charge in [0.2, 0.25) is 0 Å². The van der Waals surface area contributed by atoms with E-state index in [0.717, 1.165) is 36.2 Å². The van der Waals surface area contributed by atoms with Crippen molar-refractivity contribution < 1.29 is 5.21 Å². The van der Waals surface area contributed by atoms with E-state index >= 15 is 0 Å². The Hall–Kier alpha value is -1.07. The lowest BCUT2D eigenvalue weighted by Gasteiger charge is -2.34. The molecule has 0 aliphatic carbocycles. The van der Waals surface area contributed by atoms with Crippen LogP contribution in [0.5, 0.6) is 0 Å². The summed E-state index contributed by atoms with van der Waals surface area (Å²) < 4.78 is 1.02. The topological polar surface area (TPSA) is 39.1 Å². The molecule has 92 valence electrons. The molecule has 1 aromatic rings. The normalized spacial score (nSPS) is 18.5. The Morgan fingerprint density at radius 3 is 2.29 bits per heavy atom. The highest BCUT2D eigenvalue weighted by Gasteiger charge is 2.19. The minimum absolute atomic E-state index is 0.658. The first-order valence-corrected chi connectivity index (χ1v) is 6.41. The van der Waals surface area contributed by atoms with Crippen molar-refractivity contribution in [1.29, 1.82) is 0 Å². The fraction of sp³-hybridized carbons (Fsp3) is 0.417. The van der Waals surface area contributed by atoms with Gasteiger partial charge < -0.3 is 15.0 Å². The molecule has 0 saturated carbocycles. The molecule has 0 radical (unpaired) electrons. The Balaban J connectivity index is 2.14. The quantitative estimate of drug-likeness (QED) is 0.372. The maximum absolute atomic E-state index is 9.19. The minimum atomic E-state index is 0.658. The highest BCUT2D eigenvalue weighted by Crippen LogP contribution is 2.14. The van der Waals surface area contributed by atoms with Gasteiger partial charge in [0.15, 0.2) is 5.84 Å². The molecule has 1 aliphatic heterocycles. The zero-order chi connectivity index (χ0) is 12.3. The summed E-state index contributed by atoms with van der Waals surface area (Å²) in [7, 11) is 2.10. The number of nitrogens with zero attached hydrogens (tertiary/aromatic N) is 3. The van der Waals surface area contributed by atoms with Crippen LogP contribution in [0.4, 0.5) is 0 Å². The SMILES string of the molecule is CN1CCN(/C(=N\O)c2ccc(Br)cc2)CC1. The average molecular weight is 298 g/mol. The van der Waals surface area contributed by atoms with Gasteiger partial charge in [-0.1, -0.05) is 33.2 Å². The van der Waals surface area contributed by atoms with E-state index in [-0.39, 0.29) is 0 Å². The van der Waals surface area contributed by atoms with Gasteiger partial charge in [0.1, 0.15) is 0 Å². The van der Waals surface area contributed by atoms with E-state index in [4.69, 9.17) is 0 Å². The maximum Gasteiger partial charge on any atom is 0.175 e. The Morgan fingerprint density at radius 1 is 1.18 bits per heavy atom. The fourth-order valence-corrected chi connectivity index (χ4v) is 2.19. The summed E-state index contributed by atoms with van der Waals surface area (Å²) in [5.41, 5.74) is 0.945. The van der Waals surface area contributed by atoms with Gasteiger partial charge in [-0.25, -0.2) is 0 Å². The summed E-state index contributed by atoms with van der Waals surface area (Å²) in [5, 5.41) is 12.6. The molecule has 0 atom stereocenters. The first-order chi connectivity index (χ1) is 8.20. The lowest BCUT2D eigenvalue weighted by atomic mass is 10.2. The first kappa shape index (κ1) is 12.4. The summed E-state index contributed by atoms with van der Waals surface area (Å²) in [6.07, 6.45) is 0. The van der Waals surface area contributed by atoms with Crippen LogP contribution in [0.2, 0.25) is 0 Å². The number of likely N-dealkylation sites (N-methyl/N-ethyl adjacent to an activating group) is 1. The first-order valence-electron chi connectivity index (χ1n) is 5.62. The van der Waals surface area contributed by atoms with E-state index in [1.54, 1.807) is 0 Å². The van der Waals surface area contributed by atoms with E-state index in [1.807, 2.05) is 24.3 Å². The Bertz CT molecular complexity index is 397. The van der Waals surface area contributed by atoms with Crippen LogP contribution in [0.15, 0.2) is 33.9 Å². The second-order valence-electron chi connectivity index (χ2n) is 4.22. The van der Waals surface area contributed by atoms with Crippen LogP contribution < -0.4 is 0 Å². The predicted octanol–water partition coefficient (Wildman–Crippen LogP) is 1.83. The molecule has 0 spiro atoms. The van der Waals surface area contributed by atoms with Crippen LogP contribution >= 0.6 is 15.9 Å². The van der Waals surface area contributed by atoms with Crippen molar-refractivity contribution in [2.45, 2.75) is 0 Å². The van der Waals surface area contributed by atoms with Crippen molar-refractivity contribution in [3.8, 4) is 0 Å². The second kappa shape index (κ2) is 5.51. The van der Waals surface area contributed by atoms with E-state index < -0.39 is 0 Å². The number of hydrogen-bond donors (Lipinski definition) is 1. The Labute approximate surface area is 110 Å². The van der Waals surface area contributed by atoms with Gasteiger partial charge >= 0.3 is 0 Å². The van der Waals surface area contributed by atoms with Gasteiger partial charge in [0.25, 0.3) is 0 Å². The zero-order valence-corrected chi connectivity index (χ0v) is 11.4. The minimum Gasteiger partial charge on any atom is -0.409 e. The molecule has 4 nitrogen and oxygen atoms in total. The molecule has 0 bridgehead atoms. The molecule has 1 N–H and O–H groups in total. The lowest BCUT2D eigenvalue weighted by Crippen LogP contribution is -2.47. The fourth-order valence-electron chi connectivity index (χ4n) is 1.92. The maximum atomic E-state index is 9.19. The molecular weight excluding hydrogens is 282 g/mol. The van der Waals surface area contributed by atoms with Gasteiger partial charge in [-0.2, -0.15) is 0 Å². The molecule has 0 unspecified atom stereocenters. The lowest BCUT2D eigenvalue weighted by molar-refractivity contribution is 0.208. The van der Waals surface area contributed by atoms with E-state index in [9.17, 15) is 5.21 Å². The van der Waals surface area contributed by atoms with Crippen LogP contribution in [0, 0.1) is 0 Å².